The minimum absolute atomic E-state index is 0.0219. The summed E-state index contributed by atoms with van der Waals surface area (Å²) in [7, 11) is 1.66. The Balaban J connectivity index is 4.63. The Morgan fingerprint density at radius 3 is 2.00 bits per heavy atom. The van der Waals surface area contributed by atoms with E-state index in [0.29, 0.717) is 26.1 Å². The van der Waals surface area contributed by atoms with E-state index in [1.807, 2.05) is 27.7 Å². The van der Waals surface area contributed by atoms with Crippen LogP contribution in [0.25, 0.3) is 0 Å². The number of hydrogen-bond acceptors (Lipinski definition) is 3. The molecule has 0 aliphatic carbocycles. The summed E-state index contributed by atoms with van der Waals surface area (Å²) in [6, 6.07) is 0. The first-order valence-corrected chi connectivity index (χ1v) is 6.59. The summed E-state index contributed by atoms with van der Waals surface area (Å²) in [5.74, 6) is -0.0840. The molecule has 18 heavy (non-hydrogen) atoms. The van der Waals surface area contributed by atoms with Crippen LogP contribution in [0.15, 0.2) is 0 Å². The molecular weight excluding hydrogens is 230 g/mol. The normalized spacial score (nSPS) is 13.9. The largest absolute Gasteiger partial charge is 0.342 e. The summed E-state index contributed by atoms with van der Waals surface area (Å²) in [4.78, 5) is 27.4. The average Bonchev–Trinajstić information content (AvgIpc) is 2.38. The zero-order chi connectivity index (χ0) is 14.3. The SMILES string of the molecule is CCN(CC)C(=O)CN(C)C(=O)C(C)(CC)CN. The van der Waals surface area contributed by atoms with E-state index in [4.69, 9.17) is 5.73 Å². The molecule has 106 valence electrons. The molecule has 0 rings (SSSR count). The van der Waals surface area contributed by atoms with Crippen molar-refractivity contribution >= 4 is 11.8 Å². The van der Waals surface area contributed by atoms with Gasteiger partial charge >= 0.3 is 0 Å². The molecule has 0 fully saturated rings. The van der Waals surface area contributed by atoms with E-state index in [1.54, 1.807) is 11.9 Å². The smallest absolute Gasteiger partial charge is 0.242 e. The molecule has 2 amide bonds. The second kappa shape index (κ2) is 7.36. The quantitative estimate of drug-likeness (QED) is 0.729. The molecule has 0 bridgehead atoms. The van der Waals surface area contributed by atoms with Crippen molar-refractivity contribution in [3.05, 3.63) is 0 Å². The Morgan fingerprint density at radius 2 is 1.67 bits per heavy atom. The van der Waals surface area contributed by atoms with Crippen LogP contribution in [-0.4, -0.2) is 54.8 Å². The highest BCUT2D eigenvalue weighted by Crippen LogP contribution is 2.21. The van der Waals surface area contributed by atoms with Crippen molar-refractivity contribution in [2.24, 2.45) is 11.1 Å². The lowest BCUT2D eigenvalue weighted by Gasteiger charge is -2.31. The molecule has 0 aromatic rings. The molecule has 0 spiro atoms. The fourth-order valence-corrected chi connectivity index (χ4v) is 1.79. The zero-order valence-corrected chi connectivity index (χ0v) is 12.3. The highest BCUT2D eigenvalue weighted by molar-refractivity contribution is 5.87. The maximum absolute atomic E-state index is 12.2. The van der Waals surface area contributed by atoms with E-state index >= 15 is 0 Å². The summed E-state index contributed by atoms with van der Waals surface area (Å²) < 4.78 is 0. The van der Waals surface area contributed by atoms with Gasteiger partial charge in [0.25, 0.3) is 0 Å². The van der Waals surface area contributed by atoms with Crippen LogP contribution in [0.4, 0.5) is 0 Å². The predicted octanol–water partition coefficient (Wildman–Crippen LogP) is 0.688. The summed E-state index contributed by atoms with van der Waals surface area (Å²) in [5, 5.41) is 0. The van der Waals surface area contributed by atoms with Crippen LogP contribution in [-0.2, 0) is 9.59 Å². The summed E-state index contributed by atoms with van der Waals surface area (Å²) in [5.41, 5.74) is 5.09. The van der Waals surface area contributed by atoms with Gasteiger partial charge in [0.05, 0.1) is 12.0 Å². The van der Waals surface area contributed by atoms with Crippen LogP contribution in [0.5, 0.6) is 0 Å². The van der Waals surface area contributed by atoms with Crippen molar-refractivity contribution in [1.82, 2.24) is 9.80 Å². The second-order valence-corrected chi connectivity index (χ2v) is 4.85. The zero-order valence-electron chi connectivity index (χ0n) is 12.3. The molecule has 1 unspecified atom stereocenters. The molecule has 0 aromatic carbocycles. The third-order valence-electron chi connectivity index (χ3n) is 3.58. The monoisotopic (exact) mass is 257 g/mol. The van der Waals surface area contributed by atoms with E-state index in [1.165, 1.54) is 4.90 Å². The van der Waals surface area contributed by atoms with Gasteiger partial charge in [0, 0.05) is 26.7 Å². The van der Waals surface area contributed by atoms with Gasteiger partial charge in [0.15, 0.2) is 0 Å². The maximum atomic E-state index is 12.2. The van der Waals surface area contributed by atoms with Crippen molar-refractivity contribution in [3.8, 4) is 0 Å². The highest BCUT2D eigenvalue weighted by atomic mass is 16.2. The van der Waals surface area contributed by atoms with Gasteiger partial charge in [-0.15, -0.1) is 0 Å². The van der Waals surface area contributed by atoms with Gasteiger partial charge in [-0.1, -0.05) is 6.92 Å². The number of carbonyl (C=O) groups is 2. The first-order valence-electron chi connectivity index (χ1n) is 6.59. The van der Waals surface area contributed by atoms with Crippen LogP contribution < -0.4 is 5.73 Å². The number of rotatable bonds is 7. The minimum Gasteiger partial charge on any atom is -0.342 e. The van der Waals surface area contributed by atoms with Crippen LogP contribution >= 0.6 is 0 Å². The van der Waals surface area contributed by atoms with Crippen molar-refractivity contribution < 1.29 is 9.59 Å². The lowest BCUT2D eigenvalue weighted by Crippen LogP contribution is -2.48. The number of carbonyl (C=O) groups excluding carboxylic acids is 2. The standard InChI is InChI=1S/C13H27N3O2/c1-6-13(4,10-14)12(18)15(5)9-11(17)16(7-2)8-3/h6-10,14H2,1-5H3. The molecule has 5 heteroatoms. The summed E-state index contributed by atoms with van der Waals surface area (Å²) in [6.07, 6.45) is 0.673. The van der Waals surface area contributed by atoms with Crippen molar-refractivity contribution in [2.45, 2.75) is 34.1 Å². The second-order valence-electron chi connectivity index (χ2n) is 4.85. The van der Waals surface area contributed by atoms with E-state index < -0.39 is 5.41 Å². The molecule has 1 atom stereocenters. The van der Waals surface area contributed by atoms with Gasteiger partial charge in [0.2, 0.25) is 11.8 Å². The lowest BCUT2D eigenvalue weighted by molar-refractivity contribution is -0.145. The third kappa shape index (κ3) is 3.98. The summed E-state index contributed by atoms with van der Waals surface area (Å²) in [6.45, 7) is 9.39. The fourth-order valence-electron chi connectivity index (χ4n) is 1.79. The molecule has 0 aliphatic rings. The predicted molar refractivity (Wildman–Crippen MR) is 73.0 cm³/mol. The molecule has 0 aromatic heterocycles. The number of hydrogen-bond donors (Lipinski definition) is 1. The highest BCUT2D eigenvalue weighted by Gasteiger charge is 2.33. The average molecular weight is 257 g/mol. The van der Waals surface area contributed by atoms with E-state index in [-0.39, 0.29) is 18.4 Å². The Hall–Kier alpha value is -1.10. The van der Waals surface area contributed by atoms with Gasteiger partial charge in [-0.25, -0.2) is 0 Å². The van der Waals surface area contributed by atoms with E-state index in [2.05, 4.69) is 0 Å². The molecule has 0 radical (unpaired) electrons. The Kier molecular flexibility index (Phi) is 6.91. The molecule has 2 N–H and O–H groups in total. The molecule has 0 aliphatic heterocycles. The minimum atomic E-state index is -0.571. The maximum Gasteiger partial charge on any atom is 0.242 e. The summed E-state index contributed by atoms with van der Waals surface area (Å²) >= 11 is 0. The van der Waals surface area contributed by atoms with Crippen molar-refractivity contribution in [3.63, 3.8) is 0 Å². The molecule has 0 saturated heterocycles. The van der Waals surface area contributed by atoms with E-state index in [0.717, 1.165) is 0 Å². The Bertz CT molecular complexity index is 284. The number of nitrogens with zero attached hydrogens (tertiary/aromatic N) is 2. The third-order valence-corrected chi connectivity index (χ3v) is 3.58. The van der Waals surface area contributed by atoms with Crippen LogP contribution in [0.2, 0.25) is 0 Å². The topological polar surface area (TPSA) is 66.6 Å². The fraction of sp³-hybridized carbons (Fsp3) is 0.846. The van der Waals surface area contributed by atoms with E-state index in [9.17, 15) is 9.59 Å². The van der Waals surface area contributed by atoms with Gasteiger partial charge < -0.3 is 15.5 Å². The molecule has 0 saturated carbocycles. The number of likely N-dealkylation sites (N-methyl/N-ethyl adjacent to an activating group) is 2. The van der Waals surface area contributed by atoms with Gasteiger partial charge in [-0.05, 0) is 27.2 Å². The van der Waals surface area contributed by atoms with Gasteiger partial charge in [0.1, 0.15) is 0 Å². The van der Waals surface area contributed by atoms with Crippen molar-refractivity contribution in [1.29, 1.82) is 0 Å². The van der Waals surface area contributed by atoms with Gasteiger partial charge in [-0.2, -0.15) is 0 Å². The van der Waals surface area contributed by atoms with Gasteiger partial charge in [-0.3, -0.25) is 9.59 Å². The lowest BCUT2D eigenvalue weighted by atomic mass is 9.86. The first-order chi connectivity index (χ1) is 8.36. The van der Waals surface area contributed by atoms with Crippen LogP contribution in [0.1, 0.15) is 34.1 Å². The van der Waals surface area contributed by atoms with Crippen molar-refractivity contribution in [2.75, 3.05) is 33.2 Å². The van der Waals surface area contributed by atoms with Crippen LogP contribution in [0.3, 0.4) is 0 Å². The molecular formula is C13H27N3O2. The molecule has 0 heterocycles. The Labute approximate surface area is 110 Å². The Morgan fingerprint density at radius 1 is 1.17 bits per heavy atom. The number of nitrogens with two attached hydrogens (primary N) is 1. The first kappa shape index (κ1) is 16.9. The van der Waals surface area contributed by atoms with Crippen LogP contribution in [0, 0.1) is 5.41 Å². The molecule has 5 nitrogen and oxygen atoms in total. The number of amides is 2.